The van der Waals surface area contributed by atoms with Crippen molar-refractivity contribution in [2.45, 2.75) is 13.0 Å². The molecule has 2 aromatic carbocycles. The molecule has 3 amide bonds. The molecule has 3 rings (SSSR count). The van der Waals surface area contributed by atoms with Gasteiger partial charge in [0.05, 0.1) is 12.0 Å². The van der Waals surface area contributed by atoms with Gasteiger partial charge >= 0.3 is 6.03 Å². The molecule has 0 saturated carbocycles. The molecule has 9 heteroatoms. The number of non-ortho nitro benzene ring substituents is 1. The lowest BCUT2D eigenvalue weighted by Gasteiger charge is -2.16. The lowest BCUT2D eigenvalue weighted by molar-refractivity contribution is -0.384. The van der Waals surface area contributed by atoms with E-state index in [1.807, 2.05) is 0 Å². The van der Waals surface area contributed by atoms with Gasteiger partial charge in [0, 0.05) is 17.7 Å². The molecule has 154 valence electrons. The van der Waals surface area contributed by atoms with Crippen molar-refractivity contribution in [1.82, 2.24) is 10.6 Å². The molecule has 0 unspecified atom stereocenters. The fourth-order valence-electron chi connectivity index (χ4n) is 2.91. The van der Waals surface area contributed by atoms with Gasteiger partial charge < -0.3 is 14.8 Å². The van der Waals surface area contributed by atoms with Gasteiger partial charge in [-0.05, 0) is 47.9 Å². The number of hydrogen-bond acceptors (Lipinski definition) is 6. The standard InChI is InChI=1S/C21H19N3O6/c1-3-4-15-9-14(10-17-20(25)23-21(26)22-17)11-18(29-2)19(15)30-12-13-5-7-16(8-6-13)24(27)28/h3,5-11H,1,4,12H2,2H3,(H2,22,23,25,26)/b17-10+. The summed E-state index contributed by atoms with van der Waals surface area (Å²) in [5.41, 5.74) is 2.29. The molecule has 0 spiro atoms. The third-order valence-electron chi connectivity index (χ3n) is 4.30. The van der Waals surface area contributed by atoms with E-state index in [0.717, 1.165) is 11.1 Å². The normalized spacial score (nSPS) is 14.2. The lowest BCUT2D eigenvalue weighted by Crippen LogP contribution is -2.22. The van der Waals surface area contributed by atoms with Crippen molar-refractivity contribution in [2.75, 3.05) is 7.11 Å². The number of urea groups is 1. The SMILES string of the molecule is C=CCc1cc(/C=C2/NC(=O)NC2=O)cc(OC)c1OCc1ccc([N+](=O)[O-])cc1. The van der Waals surface area contributed by atoms with Crippen LogP contribution in [-0.4, -0.2) is 24.0 Å². The number of nitrogens with zero attached hydrogens (tertiary/aromatic N) is 1. The number of carbonyl (C=O) groups excluding carboxylic acids is 2. The van der Waals surface area contributed by atoms with Crippen LogP contribution in [-0.2, 0) is 17.8 Å². The Morgan fingerprint density at radius 1 is 1.17 bits per heavy atom. The lowest BCUT2D eigenvalue weighted by atomic mass is 10.0. The van der Waals surface area contributed by atoms with Crippen molar-refractivity contribution < 1.29 is 24.0 Å². The van der Waals surface area contributed by atoms with Crippen LogP contribution in [0, 0.1) is 10.1 Å². The first-order valence-electron chi connectivity index (χ1n) is 8.93. The molecule has 0 aromatic heterocycles. The van der Waals surface area contributed by atoms with E-state index in [2.05, 4.69) is 17.2 Å². The third kappa shape index (κ3) is 4.64. The number of rotatable bonds is 8. The maximum atomic E-state index is 11.8. The molecular weight excluding hydrogens is 390 g/mol. The zero-order chi connectivity index (χ0) is 21.7. The maximum Gasteiger partial charge on any atom is 0.326 e. The first-order chi connectivity index (χ1) is 14.4. The van der Waals surface area contributed by atoms with Crippen molar-refractivity contribution in [3.8, 4) is 11.5 Å². The first-order valence-corrected chi connectivity index (χ1v) is 8.93. The number of allylic oxidation sites excluding steroid dienone is 1. The molecule has 1 fully saturated rings. The number of nitro groups is 1. The van der Waals surface area contributed by atoms with Crippen LogP contribution in [0.15, 0.2) is 54.8 Å². The van der Waals surface area contributed by atoms with Crippen LogP contribution in [0.2, 0.25) is 0 Å². The van der Waals surface area contributed by atoms with Crippen LogP contribution in [0.1, 0.15) is 16.7 Å². The van der Waals surface area contributed by atoms with Crippen molar-refractivity contribution in [1.29, 1.82) is 0 Å². The smallest absolute Gasteiger partial charge is 0.326 e. The Morgan fingerprint density at radius 2 is 1.90 bits per heavy atom. The third-order valence-corrected chi connectivity index (χ3v) is 4.30. The van der Waals surface area contributed by atoms with Crippen LogP contribution in [0.4, 0.5) is 10.5 Å². The molecule has 9 nitrogen and oxygen atoms in total. The van der Waals surface area contributed by atoms with Gasteiger partial charge in [0.2, 0.25) is 0 Å². The number of carbonyl (C=O) groups is 2. The van der Waals surface area contributed by atoms with Crippen LogP contribution in [0.3, 0.4) is 0 Å². The minimum atomic E-state index is -0.576. The Bertz CT molecular complexity index is 1040. The number of imide groups is 1. The number of ether oxygens (including phenoxy) is 2. The topological polar surface area (TPSA) is 120 Å². The summed E-state index contributed by atoms with van der Waals surface area (Å²) in [5, 5.41) is 15.4. The van der Waals surface area contributed by atoms with E-state index >= 15 is 0 Å². The second-order valence-corrected chi connectivity index (χ2v) is 6.38. The van der Waals surface area contributed by atoms with Gasteiger partial charge in [0.15, 0.2) is 11.5 Å². The molecule has 2 aromatic rings. The minimum Gasteiger partial charge on any atom is -0.493 e. The van der Waals surface area contributed by atoms with Gasteiger partial charge in [-0.15, -0.1) is 6.58 Å². The van der Waals surface area contributed by atoms with Gasteiger partial charge in [0.25, 0.3) is 11.6 Å². The van der Waals surface area contributed by atoms with Gasteiger partial charge in [-0.25, -0.2) is 4.79 Å². The second kappa shape index (κ2) is 8.91. The van der Waals surface area contributed by atoms with E-state index in [1.165, 1.54) is 25.3 Å². The van der Waals surface area contributed by atoms with Crippen molar-refractivity contribution >= 4 is 23.7 Å². The van der Waals surface area contributed by atoms with Crippen LogP contribution in [0.25, 0.3) is 6.08 Å². The Hall–Kier alpha value is -4.14. The summed E-state index contributed by atoms with van der Waals surface area (Å²) >= 11 is 0. The maximum absolute atomic E-state index is 11.8. The highest BCUT2D eigenvalue weighted by Crippen LogP contribution is 2.35. The van der Waals surface area contributed by atoms with Crippen LogP contribution >= 0.6 is 0 Å². The molecule has 0 aliphatic carbocycles. The molecule has 1 heterocycles. The van der Waals surface area contributed by atoms with Gasteiger partial charge in [0.1, 0.15) is 12.3 Å². The summed E-state index contributed by atoms with van der Waals surface area (Å²) in [6.07, 6.45) is 3.71. The van der Waals surface area contributed by atoms with Crippen molar-refractivity contribution in [3.05, 3.63) is 81.6 Å². The summed E-state index contributed by atoms with van der Waals surface area (Å²) in [7, 11) is 1.49. The van der Waals surface area contributed by atoms with E-state index in [-0.39, 0.29) is 18.0 Å². The van der Waals surface area contributed by atoms with Crippen molar-refractivity contribution in [3.63, 3.8) is 0 Å². The number of methoxy groups -OCH3 is 1. The monoisotopic (exact) mass is 409 g/mol. The highest BCUT2D eigenvalue weighted by atomic mass is 16.6. The largest absolute Gasteiger partial charge is 0.493 e. The zero-order valence-corrected chi connectivity index (χ0v) is 16.1. The number of nitro benzene ring substituents is 1. The van der Waals surface area contributed by atoms with Gasteiger partial charge in [-0.1, -0.05) is 6.08 Å². The summed E-state index contributed by atoms with van der Waals surface area (Å²) < 4.78 is 11.4. The molecular formula is C21H19N3O6. The summed E-state index contributed by atoms with van der Waals surface area (Å²) in [6.45, 7) is 3.93. The Kier molecular flexibility index (Phi) is 6.11. The molecule has 0 radical (unpaired) electrons. The summed E-state index contributed by atoms with van der Waals surface area (Å²) in [4.78, 5) is 33.4. The van der Waals surface area contributed by atoms with Crippen LogP contribution in [0.5, 0.6) is 11.5 Å². The van der Waals surface area contributed by atoms with E-state index < -0.39 is 16.9 Å². The minimum absolute atomic E-state index is 0.00380. The predicted molar refractivity (Wildman–Crippen MR) is 109 cm³/mol. The van der Waals surface area contributed by atoms with E-state index in [1.54, 1.807) is 30.3 Å². The molecule has 30 heavy (non-hydrogen) atoms. The highest BCUT2D eigenvalue weighted by Gasteiger charge is 2.23. The number of hydrogen-bond donors (Lipinski definition) is 2. The number of amides is 3. The second-order valence-electron chi connectivity index (χ2n) is 6.38. The number of nitrogens with one attached hydrogen (secondary N) is 2. The summed E-state index contributed by atoms with van der Waals surface area (Å²) in [6, 6.07) is 8.99. The molecule has 2 N–H and O–H groups in total. The molecule has 1 aliphatic rings. The Balaban J connectivity index is 1.88. The zero-order valence-electron chi connectivity index (χ0n) is 16.1. The fraction of sp³-hybridized carbons (Fsp3) is 0.143. The van der Waals surface area contributed by atoms with E-state index in [4.69, 9.17) is 9.47 Å². The first kappa shape index (κ1) is 20.6. The predicted octanol–water partition coefficient (Wildman–Crippen LogP) is 3.09. The molecule has 0 atom stereocenters. The van der Waals surface area contributed by atoms with Crippen molar-refractivity contribution in [2.24, 2.45) is 0 Å². The highest BCUT2D eigenvalue weighted by molar-refractivity contribution is 6.14. The average Bonchev–Trinajstić information content (AvgIpc) is 3.04. The van der Waals surface area contributed by atoms with Gasteiger partial charge in [-0.2, -0.15) is 0 Å². The molecule has 1 aliphatic heterocycles. The quantitative estimate of drug-likeness (QED) is 0.227. The molecule has 0 bridgehead atoms. The summed E-state index contributed by atoms with van der Waals surface area (Å²) in [5.74, 6) is 0.424. The average molecular weight is 409 g/mol. The number of benzene rings is 2. The Morgan fingerprint density at radius 3 is 2.47 bits per heavy atom. The van der Waals surface area contributed by atoms with E-state index in [0.29, 0.717) is 23.5 Å². The fourth-order valence-corrected chi connectivity index (χ4v) is 2.91. The van der Waals surface area contributed by atoms with Crippen LogP contribution < -0.4 is 20.1 Å². The Labute approximate surface area is 172 Å². The molecule has 1 saturated heterocycles. The van der Waals surface area contributed by atoms with E-state index in [9.17, 15) is 19.7 Å². The van der Waals surface area contributed by atoms with Gasteiger partial charge in [-0.3, -0.25) is 20.2 Å².